The highest BCUT2D eigenvalue weighted by molar-refractivity contribution is 5.98. The van der Waals surface area contributed by atoms with Gasteiger partial charge in [0.1, 0.15) is 16.8 Å². The van der Waals surface area contributed by atoms with E-state index in [1.165, 1.54) is 0 Å². The normalized spacial score (nSPS) is 12.1. The Morgan fingerprint density at radius 3 is 2.65 bits per heavy atom. The highest BCUT2D eigenvalue weighted by atomic mass is 16.3. The zero-order valence-electron chi connectivity index (χ0n) is 14.6. The van der Waals surface area contributed by atoms with E-state index >= 15 is 0 Å². The molecule has 0 aliphatic carbocycles. The molecule has 0 aliphatic heterocycles. The maximum absolute atomic E-state index is 13.2. The maximum Gasteiger partial charge on any atom is 0.236 e. The molecular formula is C21H17N3O2. The first-order valence-corrected chi connectivity index (χ1v) is 8.75. The number of para-hydroxylation sites is 3. The molecule has 0 atom stereocenters. The van der Waals surface area contributed by atoms with Crippen LogP contribution >= 0.6 is 0 Å². The van der Waals surface area contributed by atoms with Crippen molar-refractivity contribution >= 4 is 38.7 Å². The molecule has 3 heterocycles. The van der Waals surface area contributed by atoms with E-state index in [-0.39, 0.29) is 5.43 Å². The Hall–Kier alpha value is -3.21. The zero-order chi connectivity index (χ0) is 17.8. The monoisotopic (exact) mass is 343 g/mol. The number of rotatable bonds is 2. The lowest BCUT2D eigenvalue weighted by Crippen LogP contribution is -2.11. The van der Waals surface area contributed by atoms with Crippen LogP contribution in [0.3, 0.4) is 0 Å². The molecule has 2 aromatic carbocycles. The predicted molar refractivity (Wildman–Crippen MR) is 103 cm³/mol. The van der Waals surface area contributed by atoms with E-state index in [0.717, 1.165) is 23.3 Å². The average molecular weight is 343 g/mol. The van der Waals surface area contributed by atoms with Gasteiger partial charge in [0, 0.05) is 6.42 Å². The van der Waals surface area contributed by atoms with Crippen LogP contribution in [-0.4, -0.2) is 14.4 Å². The first-order chi connectivity index (χ1) is 12.6. The van der Waals surface area contributed by atoms with E-state index < -0.39 is 0 Å². The standard InChI is InChI=1S/C21H17N3O2/c1-12(2)11-17-23-21-18(19(25)13-7-3-6-10-16(13)26-21)20-22-14-8-4-5-9-15(14)24(17)20/h3-10,12H,11H2,1-2H3. The highest BCUT2D eigenvalue weighted by Crippen LogP contribution is 2.26. The summed E-state index contributed by atoms with van der Waals surface area (Å²) in [7, 11) is 0. The SMILES string of the molecule is CC(C)Cc1nc2oc3ccccc3c(=O)c2c2nc3ccccc3n12. The molecule has 0 aliphatic rings. The van der Waals surface area contributed by atoms with Crippen molar-refractivity contribution in [3.8, 4) is 0 Å². The van der Waals surface area contributed by atoms with Gasteiger partial charge in [-0.25, -0.2) is 4.98 Å². The fraction of sp³-hybridized carbons (Fsp3) is 0.190. The van der Waals surface area contributed by atoms with E-state index in [1.54, 1.807) is 12.1 Å². The first kappa shape index (κ1) is 15.1. The summed E-state index contributed by atoms with van der Waals surface area (Å²) in [6.07, 6.45) is 0.767. The molecule has 5 aromatic rings. The minimum atomic E-state index is -0.0919. The van der Waals surface area contributed by atoms with Crippen LogP contribution in [0.5, 0.6) is 0 Å². The third-order valence-electron chi connectivity index (χ3n) is 4.64. The second kappa shape index (κ2) is 5.39. The lowest BCUT2D eigenvalue weighted by atomic mass is 10.1. The Labute approximate surface area is 148 Å². The zero-order valence-corrected chi connectivity index (χ0v) is 14.6. The first-order valence-electron chi connectivity index (χ1n) is 8.75. The van der Waals surface area contributed by atoms with Crippen molar-refractivity contribution in [2.45, 2.75) is 20.3 Å². The van der Waals surface area contributed by atoms with Crippen LogP contribution < -0.4 is 5.43 Å². The summed E-state index contributed by atoms with van der Waals surface area (Å²) in [6, 6.07) is 15.2. The molecule has 3 aromatic heterocycles. The Kier molecular flexibility index (Phi) is 3.13. The molecule has 0 unspecified atom stereocenters. The molecule has 128 valence electrons. The van der Waals surface area contributed by atoms with E-state index in [1.807, 2.05) is 40.8 Å². The van der Waals surface area contributed by atoms with E-state index in [0.29, 0.717) is 33.6 Å². The van der Waals surface area contributed by atoms with Gasteiger partial charge in [-0.1, -0.05) is 38.1 Å². The Bertz CT molecular complexity index is 1360. The largest absolute Gasteiger partial charge is 0.437 e. The molecule has 0 spiro atoms. The molecule has 0 N–H and O–H groups in total. The van der Waals surface area contributed by atoms with Crippen LogP contribution in [0, 0.1) is 5.92 Å². The summed E-state index contributed by atoms with van der Waals surface area (Å²) >= 11 is 0. The van der Waals surface area contributed by atoms with Gasteiger partial charge in [-0.3, -0.25) is 9.20 Å². The molecule has 0 saturated carbocycles. The van der Waals surface area contributed by atoms with Gasteiger partial charge in [0.2, 0.25) is 11.1 Å². The number of imidazole rings is 1. The summed E-state index contributed by atoms with van der Waals surface area (Å²) in [4.78, 5) is 22.6. The highest BCUT2D eigenvalue weighted by Gasteiger charge is 2.19. The third kappa shape index (κ3) is 2.07. The predicted octanol–water partition coefficient (Wildman–Crippen LogP) is 4.34. The van der Waals surface area contributed by atoms with Crippen molar-refractivity contribution in [3.05, 3.63) is 64.6 Å². The van der Waals surface area contributed by atoms with Gasteiger partial charge in [0.15, 0.2) is 5.65 Å². The summed E-state index contributed by atoms with van der Waals surface area (Å²) in [5, 5.41) is 0.986. The van der Waals surface area contributed by atoms with Crippen LogP contribution in [-0.2, 0) is 6.42 Å². The lowest BCUT2D eigenvalue weighted by Gasteiger charge is -2.10. The Balaban J connectivity index is 2.06. The number of aromatic nitrogens is 3. The number of hydrogen-bond donors (Lipinski definition) is 0. The maximum atomic E-state index is 13.2. The minimum absolute atomic E-state index is 0.0919. The quantitative estimate of drug-likeness (QED) is 0.447. The molecule has 0 radical (unpaired) electrons. The van der Waals surface area contributed by atoms with Crippen molar-refractivity contribution < 1.29 is 4.42 Å². The average Bonchev–Trinajstić information content (AvgIpc) is 3.01. The van der Waals surface area contributed by atoms with Crippen LogP contribution in [0.1, 0.15) is 19.7 Å². The fourth-order valence-electron chi connectivity index (χ4n) is 3.53. The smallest absolute Gasteiger partial charge is 0.236 e. The van der Waals surface area contributed by atoms with Gasteiger partial charge < -0.3 is 4.42 Å². The lowest BCUT2D eigenvalue weighted by molar-refractivity contribution is 0.601. The summed E-state index contributed by atoms with van der Waals surface area (Å²) in [5.41, 5.74) is 3.23. The van der Waals surface area contributed by atoms with Crippen molar-refractivity contribution in [3.63, 3.8) is 0 Å². The summed E-state index contributed by atoms with van der Waals surface area (Å²) < 4.78 is 7.99. The van der Waals surface area contributed by atoms with E-state index in [9.17, 15) is 4.79 Å². The topological polar surface area (TPSA) is 60.4 Å². The van der Waals surface area contributed by atoms with Crippen molar-refractivity contribution in [2.75, 3.05) is 0 Å². The molecule has 0 fully saturated rings. The van der Waals surface area contributed by atoms with E-state index in [4.69, 9.17) is 14.4 Å². The number of fused-ring (bicyclic) bond motifs is 6. The van der Waals surface area contributed by atoms with Gasteiger partial charge in [0.25, 0.3) is 0 Å². The molecule has 0 bridgehead atoms. The minimum Gasteiger partial charge on any atom is -0.437 e. The second-order valence-electron chi connectivity index (χ2n) is 6.99. The van der Waals surface area contributed by atoms with Gasteiger partial charge in [0.05, 0.1) is 16.4 Å². The second-order valence-corrected chi connectivity index (χ2v) is 6.99. The Morgan fingerprint density at radius 2 is 1.81 bits per heavy atom. The molecule has 5 heteroatoms. The third-order valence-corrected chi connectivity index (χ3v) is 4.64. The number of hydrogen-bond acceptors (Lipinski definition) is 4. The fourth-order valence-corrected chi connectivity index (χ4v) is 3.53. The van der Waals surface area contributed by atoms with Crippen molar-refractivity contribution in [1.82, 2.24) is 14.4 Å². The molecular weight excluding hydrogens is 326 g/mol. The van der Waals surface area contributed by atoms with Gasteiger partial charge >= 0.3 is 0 Å². The van der Waals surface area contributed by atoms with Gasteiger partial charge in [-0.15, -0.1) is 0 Å². The molecule has 0 saturated heterocycles. The molecule has 26 heavy (non-hydrogen) atoms. The van der Waals surface area contributed by atoms with E-state index in [2.05, 4.69) is 13.8 Å². The summed E-state index contributed by atoms with van der Waals surface area (Å²) in [5.74, 6) is 1.27. The van der Waals surface area contributed by atoms with Crippen LogP contribution in [0.25, 0.3) is 38.7 Å². The summed E-state index contributed by atoms with van der Waals surface area (Å²) in [6.45, 7) is 4.29. The molecule has 5 nitrogen and oxygen atoms in total. The molecule has 0 amide bonds. The number of nitrogens with zero attached hydrogens (tertiary/aromatic N) is 3. The van der Waals surface area contributed by atoms with Crippen LogP contribution in [0.2, 0.25) is 0 Å². The van der Waals surface area contributed by atoms with Crippen molar-refractivity contribution in [1.29, 1.82) is 0 Å². The number of benzene rings is 2. The van der Waals surface area contributed by atoms with Crippen LogP contribution in [0.4, 0.5) is 0 Å². The Morgan fingerprint density at radius 1 is 1.04 bits per heavy atom. The van der Waals surface area contributed by atoms with Gasteiger partial charge in [-0.2, -0.15) is 4.98 Å². The van der Waals surface area contributed by atoms with Crippen molar-refractivity contribution in [2.24, 2.45) is 5.92 Å². The molecule has 5 rings (SSSR count). The van der Waals surface area contributed by atoms with Gasteiger partial charge in [-0.05, 0) is 30.2 Å². The van der Waals surface area contributed by atoms with Crippen LogP contribution in [0.15, 0.2) is 57.7 Å².